The number of rotatable bonds is 8. The van der Waals surface area contributed by atoms with Crippen LogP contribution in [0.1, 0.15) is 55.4 Å². The Morgan fingerprint density at radius 3 is 2.94 bits per heavy atom. The number of hydrogen-bond donors (Lipinski definition) is 3. The number of nitrogens with zero attached hydrogens (tertiary/aromatic N) is 4. The Kier molecular flexibility index (Phi) is 9.37. The lowest BCUT2D eigenvalue weighted by Crippen LogP contribution is -2.38. The van der Waals surface area contributed by atoms with Crippen LogP contribution in [0.5, 0.6) is 0 Å². The van der Waals surface area contributed by atoms with Gasteiger partial charge in [0.1, 0.15) is 11.6 Å². The summed E-state index contributed by atoms with van der Waals surface area (Å²) in [6, 6.07) is 6.47. The van der Waals surface area contributed by atoms with E-state index in [1.807, 2.05) is 0 Å². The van der Waals surface area contributed by atoms with Gasteiger partial charge in [0.25, 0.3) is 0 Å². The lowest BCUT2D eigenvalue weighted by Gasteiger charge is -2.11. The normalized spacial score (nSPS) is 14.0. The molecule has 0 bridgehead atoms. The van der Waals surface area contributed by atoms with Gasteiger partial charge in [0.15, 0.2) is 5.96 Å². The maximum absolute atomic E-state index is 4.77. The smallest absolute Gasteiger partial charge is 0.191 e. The summed E-state index contributed by atoms with van der Waals surface area (Å²) in [5.74, 6) is 3.18. The minimum Gasteiger partial charge on any atom is -0.361 e. The number of guanidine groups is 1. The Labute approximate surface area is 207 Å². The van der Waals surface area contributed by atoms with E-state index in [-0.39, 0.29) is 24.0 Å². The maximum atomic E-state index is 4.77. The molecule has 0 fully saturated rings. The van der Waals surface area contributed by atoms with Crippen molar-refractivity contribution >= 4 is 40.8 Å². The number of nitrogens with one attached hydrogen (secondary N) is 3. The zero-order valence-corrected chi connectivity index (χ0v) is 21.6. The van der Waals surface area contributed by atoms with Gasteiger partial charge >= 0.3 is 0 Å². The van der Waals surface area contributed by atoms with Crippen molar-refractivity contribution in [1.82, 2.24) is 30.4 Å². The molecule has 4 rings (SSSR count). The molecule has 174 valence electrons. The number of para-hydroxylation sites is 1. The first-order valence-electron chi connectivity index (χ1n) is 11.7. The fraction of sp³-hybridized carbons (Fsp3) is 0.542. The summed E-state index contributed by atoms with van der Waals surface area (Å²) in [6.07, 6.45) is 9.84. The van der Waals surface area contributed by atoms with Gasteiger partial charge in [0, 0.05) is 56.1 Å². The maximum Gasteiger partial charge on any atom is 0.191 e. The van der Waals surface area contributed by atoms with E-state index < -0.39 is 0 Å². The molecule has 0 amide bonds. The van der Waals surface area contributed by atoms with Gasteiger partial charge in [-0.3, -0.25) is 4.99 Å². The van der Waals surface area contributed by atoms with Crippen molar-refractivity contribution in [3.05, 3.63) is 47.2 Å². The summed E-state index contributed by atoms with van der Waals surface area (Å²) in [5, 5.41) is 17.0. The molecule has 0 saturated carbocycles. The lowest BCUT2D eigenvalue weighted by molar-refractivity contribution is 0.597. The van der Waals surface area contributed by atoms with Crippen LogP contribution in [0, 0.1) is 6.92 Å². The first-order valence-corrected chi connectivity index (χ1v) is 11.7. The third-order valence-electron chi connectivity index (χ3n) is 6.06. The Balaban J connectivity index is 0.00000289. The van der Waals surface area contributed by atoms with Crippen LogP contribution in [-0.4, -0.2) is 45.3 Å². The largest absolute Gasteiger partial charge is 0.361 e. The van der Waals surface area contributed by atoms with Crippen LogP contribution in [0.15, 0.2) is 29.4 Å². The minimum absolute atomic E-state index is 0. The predicted octanol–water partition coefficient (Wildman–Crippen LogP) is 4.14. The molecule has 2 aromatic heterocycles. The fourth-order valence-electron chi connectivity index (χ4n) is 4.39. The molecule has 1 aromatic carbocycles. The number of aliphatic imine (C=N–C) groups is 1. The molecular formula is C24H36IN7. The van der Waals surface area contributed by atoms with Crippen LogP contribution in [0.4, 0.5) is 0 Å². The number of H-pyrrole nitrogens is 1. The van der Waals surface area contributed by atoms with Crippen LogP contribution in [0.25, 0.3) is 10.9 Å². The Morgan fingerprint density at radius 1 is 1.16 bits per heavy atom. The zero-order valence-electron chi connectivity index (χ0n) is 19.3. The average molecular weight is 550 g/mol. The summed E-state index contributed by atoms with van der Waals surface area (Å²) in [4.78, 5) is 8.18. The number of hydrogen-bond acceptors (Lipinski definition) is 3. The first kappa shape index (κ1) is 24.5. The molecule has 3 N–H and O–H groups in total. The number of fused-ring (bicyclic) bond motifs is 2. The van der Waals surface area contributed by atoms with Gasteiger partial charge in [0.05, 0.1) is 0 Å². The quantitative estimate of drug-likeness (QED) is 0.171. The molecule has 1 aliphatic rings. The van der Waals surface area contributed by atoms with Crippen molar-refractivity contribution < 1.29 is 0 Å². The van der Waals surface area contributed by atoms with E-state index >= 15 is 0 Å². The fourth-order valence-corrected chi connectivity index (χ4v) is 4.39. The van der Waals surface area contributed by atoms with Crippen molar-refractivity contribution in [2.24, 2.45) is 4.99 Å². The summed E-state index contributed by atoms with van der Waals surface area (Å²) >= 11 is 0. The molecule has 32 heavy (non-hydrogen) atoms. The van der Waals surface area contributed by atoms with Crippen LogP contribution in [0.2, 0.25) is 0 Å². The van der Waals surface area contributed by atoms with E-state index in [2.05, 4.69) is 68.6 Å². The molecule has 0 radical (unpaired) electrons. The topological polar surface area (TPSA) is 82.9 Å². The number of benzene rings is 1. The van der Waals surface area contributed by atoms with Gasteiger partial charge in [0.2, 0.25) is 0 Å². The summed E-state index contributed by atoms with van der Waals surface area (Å²) in [6.45, 7) is 7.81. The molecule has 1 aliphatic heterocycles. The predicted molar refractivity (Wildman–Crippen MR) is 142 cm³/mol. The third-order valence-corrected chi connectivity index (χ3v) is 6.06. The second-order valence-corrected chi connectivity index (χ2v) is 8.35. The van der Waals surface area contributed by atoms with Gasteiger partial charge in [-0.1, -0.05) is 24.6 Å². The summed E-state index contributed by atoms with van der Waals surface area (Å²) in [7, 11) is 0. The Hall–Kier alpha value is -2.10. The van der Waals surface area contributed by atoms with Gasteiger partial charge in [-0.25, -0.2) is 0 Å². The van der Waals surface area contributed by atoms with Crippen molar-refractivity contribution in [3.8, 4) is 0 Å². The van der Waals surface area contributed by atoms with E-state index in [9.17, 15) is 0 Å². The van der Waals surface area contributed by atoms with E-state index in [1.165, 1.54) is 47.1 Å². The van der Waals surface area contributed by atoms with Crippen LogP contribution in [-0.2, 0) is 25.8 Å². The highest BCUT2D eigenvalue weighted by atomic mass is 127. The highest BCUT2D eigenvalue weighted by Crippen LogP contribution is 2.21. The zero-order chi connectivity index (χ0) is 21.5. The van der Waals surface area contributed by atoms with E-state index in [4.69, 9.17) is 4.99 Å². The molecule has 0 atom stereocenters. The van der Waals surface area contributed by atoms with Gasteiger partial charge in [-0.05, 0) is 50.7 Å². The number of aromatic amines is 1. The molecule has 7 nitrogen and oxygen atoms in total. The van der Waals surface area contributed by atoms with Gasteiger partial charge in [-0.2, -0.15) is 0 Å². The molecule has 8 heteroatoms. The molecule has 3 heterocycles. The van der Waals surface area contributed by atoms with Crippen LogP contribution in [0.3, 0.4) is 0 Å². The number of aromatic nitrogens is 4. The summed E-state index contributed by atoms with van der Waals surface area (Å²) < 4.78 is 2.34. The van der Waals surface area contributed by atoms with Gasteiger partial charge < -0.3 is 20.2 Å². The molecule has 3 aromatic rings. The number of aryl methyl sites for hydroxylation is 3. The molecule has 0 aliphatic carbocycles. The van der Waals surface area contributed by atoms with Crippen molar-refractivity contribution in [1.29, 1.82) is 0 Å². The molecule has 0 saturated heterocycles. The molecule has 0 spiro atoms. The van der Waals surface area contributed by atoms with E-state index in [0.717, 1.165) is 63.6 Å². The SMILES string of the molecule is CCNC(=NCCCc1nnc2n1CCCCC2)NCCc1c[nH]c2c(C)cccc12.I. The van der Waals surface area contributed by atoms with E-state index in [1.54, 1.807) is 0 Å². The highest BCUT2D eigenvalue weighted by molar-refractivity contribution is 14.0. The summed E-state index contributed by atoms with van der Waals surface area (Å²) in [5.41, 5.74) is 3.87. The van der Waals surface area contributed by atoms with Crippen LogP contribution >= 0.6 is 24.0 Å². The first-order chi connectivity index (χ1) is 15.3. The number of halogens is 1. The Morgan fingerprint density at radius 2 is 2.06 bits per heavy atom. The van der Waals surface area contributed by atoms with Crippen molar-refractivity contribution in [2.75, 3.05) is 19.6 Å². The lowest BCUT2D eigenvalue weighted by atomic mass is 10.1. The van der Waals surface area contributed by atoms with Crippen molar-refractivity contribution in [2.45, 2.75) is 65.3 Å². The second-order valence-electron chi connectivity index (χ2n) is 8.35. The van der Waals surface area contributed by atoms with Crippen molar-refractivity contribution in [3.63, 3.8) is 0 Å². The molecule has 0 unspecified atom stereocenters. The van der Waals surface area contributed by atoms with Gasteiger partial charge in [-0.15, -0.1) is 34.2 Å². The monoisotopic (exact) mass is 549 g/mol. The Bertz CT molecular complexity index is 1020. The third kappa shape index (κ3) is 6.02. The molecular weight excluding hydrogens is 513 g/mol. The minimum atomic E-state index is 0. The average Bonchev–Trinajstić information content (AvgIpc) is 3.28. The van der Waals surface area contributed by atoms with E-state index in [0.29, 0.717) is 0 Å². The standard InChI is InChI=1S/C24H35N7.HI/c1-3-25-24(27-15-13-19-17-28-23-18(2)9-7-10-20(19)23)26-14-8-12-22-30-29-21-11-5-4-6-16-31(21)22;/h7,9-10,17,28H,3-6,8,11-16H2,1-2H3,(H2,25,26,27);1H. The van der Waals surface area contributed by atoms with Crippen LogP contribution < -0.4 is 10.6 Å². The highest BCUT2D eigenvalue weighted by Gasteiger charge is 2.14. The second kappa shape index (κ2) is 12.2.